The molecule has 2 aromatic carbocycles. The number of likely N-dealkylation sites (N-methyl/N-ethyl adjacent to an activating group) is 1. The highest BCUT2D eigenvalue weighted by Crippen LogP contribution is 2.45. The molecule has 2 aromatic rings. The summed E-state index contributed by atoms with van der Waals surface area (Å²) in [6.07, 6.45) is 3.79. The maximum absolute atomic E-state index is 10.4. The minimum Gasteiger partial charge on any atom is -0.390 e. The summed E-state index contributed by atoms with van der Waals surface area (Å²) >= 11 is 0. The quantitative estimate of drug-likeness (QED) is 0.897. The third-order valence-electron chi connectivity index (χ3n) is 5.81. The lowest BCUT2D eigenvalue weighted by Gasteiger charge is -2.47. The van der Waals surface area contributed by atoms with Gasteiger partial charge < -0.3 is 10.4 Å². The van der Waals surface area contributed by atoms with Crippen LogP contribution >= 0.6 is 0 Å². The van der Waals surface area contributed by atoms with E-state index in [-0.39, 0.29) is 5.41 Å². The lowest BCUT2D eigenvalue weighted by molar-refractivity contribution is -0.00568. The van der Waals surface area contributed by atoms with Crippen LogP contribution in [0.4, 0.5) is 0 Å². The fourth-order valence-corrected chi connectivity index (χ4v) is 3.98. The molecule has 0 spiro atoms. The number of benzene rings is 2. The standard InChI is InChI=1S/C20H27NO/c1-15(21-3)20(12-10-19(2,22)11-13-20)18-9-8-16-6-4-5-7-17(16)14-18/h4-9,14-15,21-22H,10-13H2,1-3H3. The Bertz CT molecular complexity index is 652. The minimum atomic E-state index is -0.506. The molecule has 0 aliphatic heterocycles. The van der Waals surface area contributed by atoms with Gasteiger partial charge in [-0.05, 0) is 62.9 Å². The number of fused-ring (bicyclic) bond motifs is 1. The third-order valence-corrected chi connectivity index (χ3v) is 5.81. The number of aliphatic hydroxyl groups is 1. The zero-order valence-electron chi connectivity index (χ0n) is 13.9. The van der Waals surface area contributed by atoms with Crippen LogP contribution in [-0.4, -0.2) is 23.8 Å². The topological polar surface area (TPSA) is 32.3 Å². The van der Waals surface area contributed by atoms with Crippen molar-refractivity contribution in [3.05, 3.63) is 48.0 Å². The van der Waals surface area contributed by atoms with Gasteiger partial charge in [-0.3, -0.25) is 0 Å². The van der Waals surface area contributed by atoms with Crippen LogP contribution < -0.4 is 5.32 Å². The van der Waals surface area contributed by atoms with Crippen molar-refractivity contribution in [3.8, 4) is 0 Å². The molecule has 22 heavy (non-hydrogen) atoms. The summed E-state index contributed by atoms with van der Waals surface area (Å²) in [5.74, 6) is 0. The highest BCUT2D eigenvalue weighted by molar-refractivity contribution is 5.83. The van der Waals surface area contributed by atoms with Gasteiger partial charge in [0.05, 0.1) is 5.60 Å². The van der Waals surface area contributed by atoms with Gasteiger partial charge in [-0.1, -0.05) is 42.5 Å². The predicted molar refractivity (Wildman–Crippen MR) is 93.2 cm³/mol. The first-order valence-corrected chi connectivity index (χ1v) is 8.36. The molecule has 1 unspecified atom stereocenters. The van der Waals surface area contributed by atoms with Gasteiger partial charge in [0.1, 0.15) is 0 Å². The smallest absolute Gasteiger partial charge is 0.0620 e. The summed E-state index contributed by atoms with van der Waals surface area (Å²) in [4.78, 5) is 0. The summed E-state index contributed by atoms with van der Waals surface area (Å²) in [5, 5.41) is 16.4. The Balaban J connectivity index is 2.04. The van der Waals surface area contributed by atoms with E-state index in [1.165, 1.54) is 16.3 Å². The van der Waals surface area contributed by atoms with Crippen molar-refractivity contribution in [3.63, 3.8) is 0 Å². The SMILES string of the molecule is CNC(C)C1(c2ccc3ccccc3c2)CCC(C)(O)CC1. The van der Waals surface area contributed by atoms with Crippen LogP contribution in [0.5, 0.6) is 0 Å². The molecular formula is C20H27NO. The number of hydrogen-bond acceptors (Lipinski definition) is 2. The Morgan fingerprint density at radius 2 is 1.64 bits per heavy atom. The van der Waals surface area contributed by atoms with E-state index in [1.54, 1.807) is 0 Å². The van der Waals surface area contributed by atoms with Crippen LogP contribution in [0.15, 0.2) is 42.5 Å². The molecule has 1 aliphatic rings. The summed E-state index contributed by atoms with van der Waals surface area (Å²) in [6.45, 7) is 4.25. The van der Waals surface area contributed by atoms with E-state index >= 15 is 0 Å². The second-order valence-corrected chi connectivity index (χ2v) is 7.23. The van der Waals surface area contributed by atoms with E-state index in [4.69, 9.17) is 0 Å². The Hall–Kier alpha value is -1.38. The first kappa shape index (κ1) is 15.5. The highest BCUT2D eigenvalue weighted by atomic mass is 16.3. The molecule has 2 nitrogen and oxygen atoms in total. The Morgan fingerprint density at radius 3 is 2.27 bits per heavy atom. The van der Waals surface area contributed by atoms with E-state index in [1.807, 2.05) is 14.0 Å². The van der Waals surface area contributed by atoms with Gasteiger partial charge in [-0.15, -0.1) is 0 Å². The number of rotatable bonds is 3. The Labute approximate surface area is 133 Å². The van der Waals surface area contributed by atoms with Crippen molar-refractivity contribution in [1.82, 2.24) is 5.32 Å². The van der Waals surface area contributed by atoms with Crippen molar-refractivity contribution >= 4 is 10.8 Å². The zero-order valence-corrected chi connectivity index (χ0v) is 13.9. The Morgan fingerprint density at radius 1 is 1.00 bits per heavy atom. The molecule has 1 saturated carbocycles. The molecule has 3 rings (SSSR count). The van der Waals surface area contributed by atoms with Gasteiger partial charge in [0.15, 0.2) is 0 Å². The van der Waals surface area contributed by atoms with Crippen LogP contribution in [0.2, 0.25) is 0 Å². The number of hydrogen-bond donors (Lipinski definition) is 2. The van der Waals surface area contributed by atoms with Gasteiger partial charge in [0.25, 0.3) is 0 Å². The van der Waals surface area contributed by atoms with E-state index in [0.29, 0.717) is 6.04 Å². The van der Waals surface area contributed by atoms with Crippen molar-refractivity contribution in [2.75, 3.05) is 7.05 Å². The highest BCUT2D eigenvalue weighted by Gasteiger charge is 2.43. The fourth-order valence-electron chi connectivity index (χ4n) is 3.98. The van der Waals surface area contributed by atoms with Crippen LogP contribution in [0.3, 0.4) is 0 Å². The van der Waals surface area contributed by atoms with Crippen molar-refractivity contribution in [2.24, 2.45) is 0 Å². The molecule has 1 aliphatic carbocycles. The molecule has 0 heterocycles. The van der Waals surface area contributed by atoms with E-state index in [0.717, 1.165) is 25.7 Å². The van der Waals surface area contributed by atoms with Crippen LogP contribution in [0.25, 0.3) is 10.8 Å². The molecule has 1 fully saturated rings. The molecule has 0 aromatic heterocycles. The van der Waals surface area contributed by atoms with Crippen molar-refractivity contribution < 1.29 is 5.11 Å². The number of nitrogens with one attached hydrogen (secondary N) is 1. The zero-order chi connectivity index (χ0) is 15.8. The molecule has 2 N–H and O–H groups in total. The second kappa shape index (κ2) is 5.68. The third kappa shape index (κ3) is 2.66. The van der Waals surface area contributed by atoms with Crippen LogP contribution in [0, 0.1) is 0 Å². The first-order chi connectivity index (χ1) is 10.5. The molecule has 2 heteroatoms. The maximum Gasteiger partial charge on any atom is 0.0620 e. The molecule has 0 saturated heterocycles. The summed E-state index contributed by atoms with van der Waals surface area (Å²) in [7, 11) is 2.04. The average molecular weight is 297 g/mol. The summed E-state index contributed by atoms with van der Waals surface area (Å²) in [5.41, 5.74) is 1.01. The fraction of sp³-hybridized carbons (Fsp3) is 0.500. The van der Waals surface area contributed by atoms with Crippen LogP contribution in [0.1, 0.15) is 45.1 Å². The van der Waals surface area contributed by atoms with Crippen LogP contribution in [-0.2, 0) is 5.41 Å². The maximum atomic E-state index is 10.4. The molecule has 0 amide bonds. The van der Waals surface area contributed by atoms with Gasteiger partial charge in [0.2, 0.25) is 0 Å². The van der Waals surface area contributed by atoms with Gasteiger partial charge in [-0.2, -0.15) is 0 Å². The summed E-state index contributed by atoms with van der Waals surface area (Å²) < 4.78 is 0. The molecule has 1 atom stereocenters. The van der Waals surface area contributed by atoms with Gasteiger partial charge in [0, 0.05) is 11.5 Å². The monoisotopic (exact) mass is 297 g/mol. The normalized spacial score (nSPS) is 30.4. The van der Waals surface area contributed by atoms with Gasteiger partial charge >= 0.3 is 0 Å². The van der Waals surface area contributed by atoms with E-state index in [9.17, 15) is 5.11 Å². The average Bonchev–Trinajstić information content (AvgIpc) is 2.54. The molecule has 0 bridgehead atoms. The van der Waals surface area contributed by atoms with E-state index < -0.39 is 5.60 Å². The largest absolute Gasteiger partial charge is 0.390 e. The van der Waals surface area contributed by atoms with Gasteiger partial charge in [-0.25, -0.2) is 0 Å². The Kier molecular flexibility index (Phi) is 4.00. The predicted octanol–water partition coefficient (Wildman–Crippen LogP) is 4.01. The molecular weight excluding hydrogens is 270 g/mol. The lowest BCUT2D eigenvalue weighted by Crippen LogP contribution is -2.50. The summed E-state index contributed by atoms with van der Waals surface area (Å²) in [6, 6.07) is 15.8. The van der Waals surface area contributed by atoms with Crippen molar-refractivity contribution in [2.45, 2.75) is 56.6 Å². The first-order valence-electron chi connectivity index (χ1n) is 8.36. The minimum absolute atomic E-state index is 0.112. The lowest BCUT2D eigenvalue weighted by atomic mass is 9.62. The van der Waals surface area contributed by atoms with Crippen molar-refractivity contribution in [1.29, 1.82) is 0 Å². The van der Waals surface area contributed by atoms with E-state index in [2.05, 4.69) is 54.7 Å². The second-order valence-electron chi connectivity index (χ2n) is 7.23. The molecule has 0 radical (unpaired) electrons. The molecule has 118 valence electrons.